The molecule has 65 heavy (non-hydrogen) atoms. The molecule has 0 saturated carbocycles. The summed E-state index contributed by atoms with van der Waals surface area (Å²) in [6.07, 6.45) is 0. The second kappa shape index (κ2) is 13.9. The third kappa shape index (κ3) is 5.58. The zero-order valence-corrected chi connectivity index (χ0v) is 37.2. The molecule has 0 fully saturated rings. The first-order chi connectivity index (χ1) is 31.7. The molecule has 0 unspecified atom stereocenters. The maximum Gasteiger partial charge on any atom is 0.0468 e. The molecule has 0 saturated heterocycles. The maximum atomic E-state index is 2.45. The van der Waals surface area contributed by atoms with Crippen molar-refractivity contribution in [2.45, 2.75) is 38.5 Å². The Morgan fingerprint density at radius 2 is 0.585 bits per heavy atom. The summed E-state index contributed by atoms with van der Waals surface area (Å²) in [6.45, 7) is 9.65. The molecule has 0 amide bonds. The molecule has 2 aliphatic carbocycles. The first-order valence-corrected chi connectivity index (χ1v) is 23.0. The molecular formula is C64H47N. The van der Waals surface area contributed by atoms with E-state index in [-0.39, 0.29) is 10.8 Å². The predicted octanol–water partition coefficient (Wildman–Crippen LogP) is 17.7. The van der Waals surface area contributed by atoms with Gasteiger partial charge in [0.25, 0.3) is 0 Å². The first kappa shape index (κ1) is 37.8. The summed E-state index contributed by atoms with van der Waals surface area (Å²) in [7, 11) is 0. The molecular weight excluding hydrogens is 783 g/mol. The van der Waals surface area contributed by atoms with Gasteiger partial charge in [-0.1, -0.05) is 204 Å². The van der Waals surface area contributed by atoms with Crippen molar-refractivity contribution in [3.05, 3.63) is 235 Å². The average Bonchev–Trinajstić information content (AvgIpc) is 3.74. The summed E-state index contributed by atoms with van der Waals surface area (Å²) >= 11 is 0. The van der Waals surface area contributed by atoms with Crippen LogP contribution >= 0.6 is 0 Å². The number of anilines is 3. The zero-order chi connectivity index (χ0) is 43.6. The van der Waals surface area contributed by atoms with Crippen LogP contribution in [0.2, 0.25) is 0 Å². The van der Waals surface area contributed by atoms with Crippen molar-refractivity contribution in [3.63, 3.8) is 0 Å². The van der Waals surface area contributed by atoms with Gasteiger partial charge < -0.3 is 4.90 Å². The van der Waals surface area contributed by atoms with Crippen LogP contribution in [-0.4, -0.2) is 0 Å². The number of benzene rings is 11. The summed E-state index contributed by atoms with van der Waals surface area (Å²) in [5.41, 5.74) is 19.0. The van der Waals surface area contributed by atoms with Gasteiger partial charge in [0, 0.05) is 27.9 Å². The summed E-state index contributed by atoms with van der Waals surface area (Å²) in [5, 5.41) is 10.4. The van der Waals surface area contributed by atoms with E-state index in [1.165, 1.54) is 110 Å². The predicted molar refractivity (Wildman–Crippen MR) is 277 cm³/mol. The van der Waals surface area contributed by atoms with Crippen molar-refractivity contribution in [2.24, 2.45) is 0 Å². The molecule has 0 aromatic heterocycles. The minimum atomic E-state index is -0.153. The molecule has 0 aliphatic heterocycles. The Morgan fingerprint density at radius 1 is 0.262 bits per heavy atom. The molecule has 11 aromatic carbocycles. The van der Waals surface area contributed by atoms with Crippen LogP contribution in [-0.2, 0) is 10.8 Å². The minimum absolute atomic E-state index is 0.153. The van der Waals surface area contributed by atoms with E-state index in [9.17, 15) is 0 Å². The standard InChI is InChI=1S/C64H47N/c1-63(2)59-51-16-10-8-14-44(51)24-32-55(59)57-34-26-46-38-49(30-36-53(46)61(57)63)65(48-28-22-43(23-29-48)42-20-18-41(19-21-42)40-12-6-5-7-13-40)50-31-37-54-47(39-50)27-35-58-56-33-25-45-15-9-11-17-52(45)60(56)64(3,4)62(54)58/h5-39H,1-4H3. The minimum Gasteiger partial charge on any atom is -0.310 e. The van der Waals surface area contributed by atoms with Crippen LogP contribution in [0.25, 0.3) is 87.6 Å². The average molecular weight is 830 g/mol. The van der Waals surface area contributed by atoms with Gasteiger partial charge in [-0.25, -0.2) is 0 Å². The van der Waals surface area contributed by atoms with E-state index in [0.29, 0.717) is 0 Å². The van der Waals surface area contributed by atoms with Gasteiger partial charge in [-0.3, -0.25) is 0 Å². The third-order valence-electron chi connectivity index (χ3n) is 14.9. The molecule has 0 N–H and O–H groups in total. The molecule has 0 heterocycles. The molecule has 1 nitrogen and oxygen atoms in total. The molecule has 308 valence electrons. The van der Waals surface area contributed by atoms with E-state index in [1.54, 1.807) is 0 Å². The summed E-state index contributed by atoms with van der Waals surface area (Å²) < 4.78 is 0. The van der Waals surface area contributed by atoms with Gasteiger partial charge in [0.1, 0.15) is 0 Å². The fraction of sp³-hybridized carbons (Fsp3) is 0.0938. The third-order valence-corrected chi connectivity index (χ3v) is 14.9. The van der Waals surface area contributed by atoms with Crippen LogP contribution in [0.4, 0.5) is 17.1 Å². The Balaban J connectivity index is 0.943. The van der Waals surface area contributed by atoms with Crippen molar-refractivity contribution in [1.29, 1.82) is 0 Å². The highest BCUT2D eigenvalue weighted by Crippen LogP contribution is 2.56. The molecule has 2 aliphatic rings. The van der Waals surface area contributed by atoms with Gasteiger partial charge in [0.2, 0.25) is 0 Å². The number of hydrogen-bond donors (Lipinski definition) is 0. The van der Waals surface area contributed by atoms with E-state index < -0.39 is 0 Å². The van der Waals surface area contributed by atoms with Crippen molar-refractivity contribution in [2.75, 3.05) is 4.90 Å². The Labute approximate surface area is 380 Å². The number of rotatable bonds is 5. The highest BCUT2D eigenvalue weighted by atomic mass is 15.1. The lowest BCUT2D eigenvalue weighted by Gasteiger charge is -2.28. The van der Waals surface area contributed by atoms with E-state index in [2.05, 4.69) is 245 Å². The monoisotopic (exact) mass is 829 g/mol. The largest absolute Gasteiger partial charge is 0.310 e. The molecule has 1 heteroatoms. The summed E-state index contributed by atoms with van der Waals surface area (Å²) in [4.78, 5) is 2.45. The fourth-order valence-corrected chi connectivity index (χ4v) is 12.0. The second-order valence-electron chi connectivity index (χ2n) is 19.3. The van der Waals surface area contributed by atoms with E-state index in [1.807, 2.05) is 0 Å². The fourth-order valence-electron chi connectivity index (χ4n) is 12.0. The summed E-state index contributed by atoms with van der Waals surface area (Å²) in [5.74, 6) is 0. The number of nitrogens with zero attached hydrogens (tertiary/aromatic N) is 1. The van der Waals surface area contributed by atoms with Gasteiger partial charge in [-0.05, 0) is 146 Å². The van der Waals surface area contributed by atoms with Crippen LogP contribution in [0, 0.1) is 0 Å². The van der Waals surface area contributed by atoms with E-state index in [0.717, 1.165) is 17.1 Å². The van der Waals surface area contributed by atoms with E-state index >= 15 is 0 Å². The zero-order valence-electron chi connectivity index (χ0n) is 37.2. The maximum absolute atomic E-state index is 2.45. The topological polar surface area (TPSA) is 3.24 Å². The van der Waals surface area contributed by atoms with Gasteiger partial charge in [0.15, 0.2) is 0 Å². The molecule has 0 spiro atoms. The molecule has 0 bridgehead atoms. The van der Waals surface area contributed by atoms with Gasteiger partial charge in [0.05, 0.1) is 0 Å². The van der Waals surface area contributed by atoms with E-state index in [4.69, 9.17) is 0 Å². The van der Waals surface area contributed by atoms with Crippen molar-refractivity contribution in [3.8, 4) is 44.5 Å². The van der Waals surface area contributed by atoms with Crippen molar-refractivity contribution in [1.82, 2.24) is 0 Å². The molecule has 0 atom stereocenters. The quantitative estimate of drug-likeness (QED) is 0.167. The Morgan fingerprint density at radius 3 is 1.02 bits per heavy atom. The lowest BCUT2D eigenvalue weighted by Crippen LogP contribution is -2.16. The van der Waals surface area contributed by atoms with Crippen LogP contribution in [0.15, 0.2) is 212 Å². The highest BCUT2D eigenvalue weighted by Gasteiger charge is 2.40. The van der Waals surface area contributed by atoms with Crippen LogP contribution < -0.4 is 4.90 Å². The smallest absolute Gasteiger partial charge is 0.0468 e. The summed E-state index contributed by atoms with van der Waals surface area (Å²) in [6, 6.07) is 79.3. The van der Waals surface area contributed by atoms with Crippen LogP contribution in [0.1, 0.15) is 49.9 Å². The Hall–Kier alpha value is -7.74. The van der Waals surface area contributed by atoms with Gasteiger partial charge in [-0.15, -0.1) is 0 Å². The molecule has 11 aromatic rings. The highest BCUT2D eigenvalue weighted by molar-refractivity contribution is 6.06. The second-order valence-corrected chi connectivity index (χ2v) is 19.3. The normalized spacial score (nSPS) is 14.1. The number of fused-ring (bicyclic) bond motifs is 14. The van der Waals surface area contributed by atoms with Crippen LogP contribution in [0.5, 0.6) is 0 Å². The van der Waals surface area contributed by atoms with Gasteiger partial charge in [-0.2, -0.15) is 0 Å². The van der Waals surface area contributed by atoms with Crippen molar-refractivity contribution < 1.29 is 0 Å². The Bertz CT molecular complexity index is 3550. The Kier molecular flexibility index (Phi) is 8.07. The van der Waals surface area contributed by atoms with Crippen LogP contribution in [0.3, 0.4) is 0 Å². The van der Waals surface area contributed by atoms with Gasteiger partial charge >= 0.3 is 0 Å². The molecule has 0 radical (unpaired) electrons. The number of hydrogen-bond acceptors (Lipinski definition) is 1. The van der Waals surface area contributed by atoms with Crippen molar-refractivity contribution >= 4 is 60.2 Å². The lowest BCUT2D eigenvalue weighted by molar-refractivity contribution is 0.672. The first-order valence-electron chi connectivity index (χ1n) is 23.0. The lowest BCUT2D eigenvalue weighted by atomic mass is 9.78. The molecule has 13 rings (SSSR count). The SMILES string of the molecule is CC1(C)c2c(ccc3ccccc23)-c2ccc3cc(N(c4ccc(-c5ccc(-c6ccccc6)cc5)cc4)c4ccc5c6c(ccc5c4)-c4ccc5ccccc5c4C6(C)C)ccc3c21.